The van der Waals surface area contributed by atoms with Gasteiger partial charge in [0.1, 0.15) is 0 Å². The minimum atomic E-state index is -0.137. The zero-order valence-corrected chi connectivity index (χ0v) is 18.1. The standard InChI is InChI=1S/C24H25N3O2S/c1-5-14-26(15-6-2)21(28)16-30-24-25-20-13-8-7-12-19(20)23(29)27(24)22-17(3)10-9-11-18(22)4/h5-13H,1-2,14-16H2,3-4H3. The zero-order valence-electron chi connectivity index (χ0n) is 17.3. The van der Waals surface area contributed by atoms with E-state index in [0.29, 0.717) is 29.1 Å². The Bertz CT molecular complexity index is 1140. The van der Waals surface area contributed by atoms with Crippen molar-refractivity contribution in [2.45, 2.75) is 19.0 Å². The van der Waals surface area contributed by atoms with Crippen LogP contribution in [0.2, 0.25) is 0 Å². The molecule has 0 bridgehead atoms. The average molecular weight is 420 g/mol. The van der Waals surface area contributed by atoms with Crippen LogP contribution in [-0.2, 0) is 4.79 Å². The molecule has 2 aromatic carbocycles. The summed E-state index contributed by atoms with van der Waals surface area (Å²) in [4.78, 5) is 32.5. The van der Waals surface area contributed by atoms with E-state index < -0.39 is 0 Å². The Morgan fingerprint density at radius 2 is 1.70 bits per heavy atom. The number of para-hydroxylation sites is 2. The van der Waals surface area contributed by atoms with Crippen LogP contribution in [0.15, 0.2) is 77.7 Å². The largest absolute Gasteiger partial charge is 0.335 e. The van der Waals surface area contributed by atoms with E-state index in [4.69, 9.17) is 4.98 Å². The Balaban J connectivity index is 2.09. The van der Waals surface area contributed by atoms with Crippen LogP contribution in [0, 0.1) is 13.8 Å². The molecule has 3 rings (SSSR count). The normalized spacial score (nSPS) is 10.7. The number of aryl methyl sites for hydroxylation is 2. The maximum Gasteiger partial charge on any atom is 0.266 e. The molecule has 5 nitrogen and oxygen atoms in total. The lowest BCUT2D eigenvalue weighted by Crippen LogP contribution is -2.33. The number of aromatic nitrogens is 2. The predicted molar refractivity (Wildman–Crippen MR) is 125 cm³/mol. The second-order valence-electron chi connectivity index (χ2n) is 6.96. The lowest BCUT2D eigenvalue weighted by molar-refractivity contribution is -0.127. The topological polar surface area (TPSA) is 55.2 Å². The zero-order chi connectivity index (χ0) is 21.7. The molecular formula is C24H25N3O2S. The smallest absolute Gasteiger partial charge is 0.266 e. The summed E-state index contributed by atoms with van der Waals surface area (Å²) in [7, 11) is 0. The van der Waals surface area contributed by atoms with Crippen LogP contribution >= 0.6 is 11.8 Å². The fraction of sp³-hybridized carbons (Fsp3) is 0.208. The molecule has 1 amide bonds. The predicted octanol–water partition coefficient (Wildman–Crippen LogP) is 4.30. The molecule has 0 unspecified atom stereocenters. The molecule has 154 valence electrons. The molecule has 0 saturated heterocycles. The van der Waals surface area contributed by atoms with Crippen molar-refractivity contribution < 1.29 is 4.79 Å². The molecule has 0 aliphatic heterocycles. The van der Waals surface area contributed by atoms with E-state index in [1.54, 1.807) is 27.7 Å². The third kappa shape index (κ3) is 4.39. The van der Waals surface area contributed by atoms with Gasteiger partial charge in [0.15, 0.2) is 5.16 Å². The van der Waals surface area contributed by atoms with Gasteiger partial charge < -0.3 is 4.90 Å². The Morgan fingerprint density at radius 3 is 2.33 bits per heavy atom. The van der Waals surface area contributed by atoms with E-state index in [-0.39, 0.29) is 17.2 Å². The molecule has 0 fully saturated rings. The first-order valence-electron chi connectivity index (χ1n) is 9.68. The highest BCUT2D eigenvalue weighted by molar-refractivity contribution is 7.99. The van der Waals surface area contributed by atoms with Gasteiger partial charge in [-0.25, -0.2) is 4.98 Å². The van der Waals surface area contributed by atoms with Crippen LogP contribution in [-0.4, -0.2) is 39.2 Å². The SMILES string of the molecule is C=CCN(CC=C)C(=O)CSc1nc2ccccc2c(=O)n1-c1c(C)cccc1C. The van der Waals surface area contributed by atoms with E-state index in [0.717, 1.165) is 16.8 Å². The fourth-order valence-corrected chi connectivity index (χ4v) is 4.27. The van der Waals surface area contributed by atoms with E-state index in [1.165, 1.54) is 11.8 Å². The van der Waals surface area contributed by atoms with Gasteiger partial charge in [0.05, 0.1) is 22.3 Å². The molecule has 0 aliphatic carbocycles. The van der Waals surface area contributed by atoms with E-state index >= 15 is 0 Å². The summed E-state index contributed by atoms with van der Waals surface area (Å²) in [5, 5.41) is 1.05. The summed E-state index contributed by atoms with van der Waals surface area (Å²) < 4.78 is 1.64. The molecule has 0 saturated carbocycles. The number of fused-ring (bicyclic) bond motifs is 1. The summed E-state index contributed by atoms with van der Waals surface area (Å²) in [5.74, 6) is 0.104. The van der Waals surface area contributed by atoms with Gasteiger partial charge in [0.25, 0.3) is 5.56 Å². The van der Waals surface area contributed by atoms with E-state index in [1.807, 2.05) is 50.2 Å². The highest BCUT2D eigenvalue weighted by atomic mass is 32.2. The fourth-order valence-electron chi connectivity index (χ4n) is 3.37. The molecule has 1 heterocycles. The Morgan fingerprint density at radius 1 is 1.07 bits per heavy atom. The summed E-state index contributed by atoms with van der Waals surface area (Å²) >= 11 is 1.27. The summed E-state index contributed by atoms with van der Waals surface area (Å²) in [6.45, 7) is 12.3. The monoisotopic (exact) mass is 419 g/mol. The third-order valence-electron chi connectivity index (χ3n) is 4.78. The average Bonchev–Trinajstić information content (AvgIpc) is 2.73. The van der Waals surface area contributed by atoms with Crippen LogP contribution in [0.5, 0.6) is 0 Å². The molecule has 1 aromatic heterocycles. The van der Waals surface area contributed by atoms with Gasteiger partial charge in [-0.1, -0.05) is 54.2 Å². The van der Waals surface area contributed by atoms with Crippen molar-refractivity contribution in [1.82, 2.24) is 14.5 Å². The van der Waals surface area contributed by atoms with Crippen LogP contribution in [0.3, 0.4) is 0 Å². The Hall–Kier alpha value is -3.12. The van der Waals surface area contributed by atoms with Gasteiger partial charge in [-0.05, 0) is 37.1 Å². The number of hydrogen-bond acceptors (Lipinski definition) is 4. The van der Waals surface area contributed by atoms with Crippen molar-refractivity contribution in [3.63, 3.8) is 0 Å². The van der Waals surface area contributed by atoms with Crippen molar-refractivity contribution in [1.29, 1.82) is 0 Å². The number of thioether (sulfide) groups is 1. The van der Waals surface area contributed by atoms with Gasteiger partial charge >= 0.3 is 0 Å². The number of benzene rings is 2. The van der Waals surface area contributed by atoms with Crippen molar-refractivity contribution in [2.24, 2.45) is 0 Å². The number of nitrogens with zero attached hydrogens (tertiary/aromatic N) is 3. The highest BCUT2D eigenvalue weighted by Gasteiger charge is 2.18. The lowest BCUT2D eigenvalue weighted by Gasteiger charge is -2.20. The first-order valence-corrected chi connectivity index (χ1v) is 10.7. The van der Waals surface area contributed by atoms with Crippen LogP contribution < -0.4 is 5.56 Å². The van der Waals surface area contributed by atoms with Crippen molar-refractivity contribution >= 4 is 28.6 Å². The van der Waals surface area contributed by atoms with Gasteiger partial charge in [-0.3, -0.25) is 14.2 Å². The molecule has 6 heteroatoms. The molecule has 0 atom stereocenters. The number of hydrogen-bond donors (Lipinski definition) is 0. The van der Waals surface area contributed by atoms with Gasteiger partial charge in [-0.2, -0.15) is 0 Å². The first kappa shape index (κ1) is 21.6. The molecule has 0 spiro atoms. The van der Waals surface area contributed by atoms with Crippen LogP contribution in [0.25, 0.3) is 16.6 Å². The van der Waals surface area contributed by atoms with Gasteiger partial charge in [0, 0.05) is 13.1 Å². The molecule has 0 N–H and O–H groups in total. The van der Waals surface area contributed by atoms with Gasteiger partial charge in [-0.15, -0.1) is 13.2 Å². The van der Waals surface area contributed by atoms with Crippen molar-refractivity contribution in [3.05, 3.63) is 89.3 Å². The van der Waals surface area contributed by atoms with Crippen LogP contribution in [0.4, 0.5) is 0 Å². The Kier molecular flexibility index (Phi) is 6.90. The molecular weight excluding hydrogens is 394 g/mol. The number of rotatable bonds is 8. The summed E-state index contributed by atoms with van der Waals surface area (Å²) in [5.41, 5.74) is 3.24. The molecule has 30 heavy (non-hydrogen) atoms. The van der Waals surface area contributed by atoms with Crippen molar-refractivity contribution in [2.75, 3.05) is 18.8 Å². The first-order chi connectivity index (χ1) is 14.5. The van der Waals surface area contributed by atoms with Crippen molar-refractivity contribution in [3.8, 4) is 5.69 Å². The minimum Gasteiger partial charge on any atom is -0.335 e. The highest BCUT2D eigenvalue weighted by Crippen LogP contribution is 2.25. The van der Waals surface area contributed by atoms with Gasteiger partial charge in [0.2, 0.25) is 5.91 Å². The number of amides is 1. The van der Waals surface area contributed by atoms with Crippen LogP contribution in [0.1, 0.15) is 11.1 Å². The second-order valence-corrected chi connectivity index (χ2v) is 7.90. The summed E-state index contributed by atoms with van der Waals surface area (Å²) in [6, 6.07) is 13.2. The lowest BCUT2D eigenvalue weighted by atomic mass is 10.1. The molecule has 0 radical (unpaired) electrons. The summed E-state index contributed by atoms with van der Waals surface area (Å²) in [6.07, 6.45) is 3.37. The molecule has 3 aromatic rings. The maximum atomic E-state index is 13.4. The quantitative estimate of drug-likeness (QED) is 0.310. The van der Waals surface area contributed by atoms with E-state index in [2.05, 4.69) is 13.2 Å². The Labute approximate surface area is 180 Å². The number of carbonyl (C=O) groups excluding carboxylic acids is 1. The third-order valence-corrected chi connectivity index (χ3v) is 5.71. The maximum absolute atomic E-state index is 13.4. The second kappa shape index (κ2) is 9.59. The minimum absolute atomic E-state index is 0.0599. The molecule has 0 aliphatic rings. The van der Waals surface area contributed by atoms with E-state index in [9.17, 15) is 9.59 Å². The number of carbonyl (C=O) groups is 1.